The van der Waals surface area contributed by atoms with Crippen LogP contribution < -0.4 is 16.0 Å². The van der Waals surface area contributed by atoms with Crippen LogP contribution in [0.15, 0.2) is 23.3 Å². The van der Waals surface area contributed by atoms with Crippen LogP contribution in [0.1, 0.15) is 33.6 Å². The Labute approximate surface area is 120 Å². The van der Waals surface area contributed by atoms with Crippen LogP contribution >= 0.6 is 0 Å². The Bertz CT molecular complexity index is 523. The van der Waals surface area contributed by atoms with Gasteiger partial charge in [0.1, 0.15) is 5.84 Å². The number of hydrogen-bond acceptors (Lipinski definition) is 4. The van der Waals surface area contributed by atoms with Gasteiger partial charge in [-0.1, -0.05) is 0 Å². The van der Waals surface area contributed by atoms with Crippen molar-refractivity contribution in [2.45, 2.75) is 44.7 Å². The highest BCUT2D eigenvalue weighted by Crippen LogP contribution is 2.35. The predicted molar refractivity (Wildman–Crippen MR) is 83.5 cm³/mol. The van der Waals surface area contributed by atoms with Crippen LogP contribution in [0.3, 0.4) is 0 Å². The summed E-state index contributed by atoms with van der Waals surface area (Å²) in [5.74, 6) is 1.90. The van der Waals surface area contributed by atoms with Crippen LogP contribution in [0.5, 0.6) is 0 Å². The Hall–Kier alpha value is -1.62. The molecule has 0 bridgehead atoms. The van der Waals surface area contributed by atoms with Gasteiger partial charge in [-0.05, 0) is 58.8 Å². The summed E-state index contributed by atoms with van der Waals surface area (Å²) in [4.78, 5) is 9.33. The molecule has 3 N–H and O–H groups in total. The molecular weight excluding hydrogens is 250 g/mol. The molecule has 20 heavy (non-hydrogen) atoms. The van der Waals surface area contributed by atoms with Crippen LogP contribution in [0.4, 0.5) is 11.5 Å². The number of rotatable bonds is 0. The number of amidine groups is 1. The summed E-state index contributed by atoms with van der Waals surface area (Å²) >= 11 is 0. The predicted octanol–water partition coefficient (Wildman–Crippen LogP) is 2.24. The first-order valence-corrected chi connectivity index (χ1v) is 7.30. The fourth-order valence-corrected chi connectivity index (χ4v) is 2.84. The van der Waals surface area contributed by atoms with E-state index in [1.54, 1.807) is 0 Å². The zero-order valence-corrected chi connectivity index (χ0v) is 12.5. The second-order valence-corrected chi connectivity index (χ2v) is 6.61. The van der Waals surface area contributed by atoms with Crippen molar-refractivity contribution in [3.63, 3.8) is 0 Å². The number of aliphatic imine (C=N–C) groups is 1. The SMILES string of the molecule is CC(C)(C)N=C1Nc2ncccc2NC12CCNCC2. The number of anilines is 2. The van der Waals surface area contributed by atoms with E-state index in [1.807, 2.05) is 12.3 Å². The molecule has 3 heterocycles. The molecule has 0 aliphatic carbocycles. The molecule has 1 saturated heterocycles. The largest absolute Gasteiger partial charge is 0.370 e. The summed E-state index contributed by atoms with van der Waals surface area (Å²) in [5, 5.41) is 10.6. The molecule has 0 radical (unpaired) electrons. The molecule has 0 atom stereocenters. The minimum atomic E-state index is -0.103. The zero-order valence-electron chi connectivity index (χ0n) is 12.5. The van der Waals surface area contributed by atoms with Gasteiger partial charge in [-0.3, -0.25) is 4.99 Å². The van der Waals surface area contributed by atoms with Crippen LogP contribution in [0.2, 0.25) is 0 Å². The van der Waals surface area contributed by atoms with Gasteiger partial charge in [0, 0.05) is 6.20 Å². The molecular formula is C15H23N5. The van der Waals surface area contributed by atoms with E-state index >= 15 is 0 Å². The lowest BCUT2D eigenvalue weighted by Crippen LogP contribution is -2.58. The van der Waals surface area contributed by atoms with Crippen molar-refractivity contribution < 1.29 is 0 Å². The van der Waals surface area contributed by atoms with E-state index in [4.69, 9.17) is 4.99 Å². The topological polar surface area (TPSA) is 61.3 Å². The molecule has 108 valence electrons. The molecule has 1 aromatic rings. The maximum absolute atomic E-state index is 4.92. The van der Waals surface area contributed by atoms with Crippen molar-refractivity contribution in [3.8, 4) is 0 Å². The lowest BCUT2D eigenvalue weighted by Gasteiger charge is -2.44. The fourth-order valence-electron chi connectivity index (χ4n) is 2.84. The van der Waals surface area contributed by atoms with Gasteiger partial charge >= 0.3 is 0 Å². The molecule has 5 nitrogen and oxygen atoms in total. The van der Waals surface area contributed by atoms with Crippen LogP contribution in [0, 0.1) is 0 Å². The summed E-state index contributed by atoms with van der Waals surface area (Å²) in [6.45, 7) is 8.40. The summed E-state index contributed by atoms with van der Waals surface area (Å²) in [6.07, 6.45) is 3.87. The average Bonchev–Trinajstić information content (AvgIpc) is 2.39. The van der Waals surface area contributed by atoms with E-state index in [0.29, 0.717) is 0 Å². The van der Waals surface area contributed by atoms with E-state index in [2.05, 4.69) is 47.8 Å². The Balaban J connectivity index is 2.03. The van der Waals surface area contributed by atoms with Gasteiger partial charge in [-0.2, -0.15) is 0 Å². The summed E-state index contributed by atoms with van der Waals surface area (Å²) < 4.78 is 0. The number of nitrogens with zero attached hydrogens (tertiary/aromatic N) is 2. The van der Waals surface area contributed by atoms with Gasteiger partial charge < -0.3 is 16.0 Å². The van der Waals surface area contributed by atoms with Gasteiger partial charge in [0.05, 0.1) is 16.8 Å². The first-order chi connectivity index (χ1) is 9.49. The van der Waals surface area contributed by atoms with E-state index in [9.17, 15) is 0 Å². The summed E-state index contributed by atoms with van der Waals surface area (Å²) in [6, 6.07) is 4.04. The Morgan fingerprint density at radius 2 is 2.00 bits per heavy atom. The van der Waals surface area contributed by atoms with Crippen molar-refractivity contribution in [3.05, 3.63) is 18.3 Å². The number of hydrogen-bond donors (Lipinski definition) is 3. The molecule has 0 saturated carbocycles. The van der Waals surface area contributed by atoms with E-state index in [1.165, 1.54) is 0 Å². The third-order valence-electron chi connectivity index (χ3n) is 3.78. The molecule has 1 spiro atoms. The standard InChI is InChI=1S/C15H23N5/c1-14(2,3)20-13-15(6-9-16-10-7-15)19-11-5-4-8-17-12(11)18-13/h4-5,8,16,19H,6-7,9-10H2,1-3H3,(H,17,18,20). The average molecular weight is 273 g/mol. The smallest absolute Gasteiger partial charge is 0.154 e. The molecule has 0 aromatic carbocycles. The summed E-state index contributed by atoms with van der Waals surface area (Å²) in [7, 11) is 0. The Morgan fingerprint density at radius 3 is 2.70 bits per heavy atom. The van der Waals surface area contributed by atoms with Gasteiger partial charge in [0.2, 0.25) is 0 Å². The number of aromatic nitrogens is 1. The van der Waals surface area contributed by atoms with Crippen molar-refractivity contribution in [1.82, 2.24) is 10.3 Å². The van der Waals surface area contributed by atoms with Crippen molar-refractivity contribution in [2.24, 2.45) is 4.99 Å². The van der Waals surface area contributed by atoms with Crippen LogP contribution in [0.25, 0.3) is 0 Å². The second-order valence-electron chi connectivity index (χ2n) is 6.61. The lowest BCUT2D eigenvalue weighted by molar-refractivity contribution is 0.415. The molecule has 5 heteroatoms. The van der Waals surface area contributed by atoms with Gasteiger partial charge in [0.25, 0.3) is 0 Å². The summed E-state index contributed by atoms with van der Waals surface area (Å²) in [5.41, 5.74) is 0.880. The minimum absolute atomic E-state index is 0.0887. The molecule has 0 amide bonds. The first kappa shape index (κ1) is 13.4. The highest BCUT2D eigenvalue weighted by Gasteiger charge is 2.41. The first-order valence-electron chi connectivity index (χ1n) is 7.30. The number of piperidine rings is 1. The van der Waals surface area contributed by atoms with Crippen molar-refractivity contribution in [1.29, 1.82) is 0 Å². The highest BCUT2D eigenvalue weighted by molar-refractivity contribution is 6.08. The highest BCUT2D eigenvalue weighted by atomic mass is 15.2. The maximum Gasteiger partial charge on any atom is 0.154 e. The lowest BCUT2D eigenvalue weighted by atomic mass is 9.84. The third-order valence-corrected chi connectivity index (χ3v) is 3.78. The molecule has 2 aliphatic rings. The number of nitrogens with one attached hydrogen (secondary N) is 3. The van der Waals surface area contributed by atoms with E-state index < -0.39 is 0 Å². The maximum atomic E-state index is 4.92. The van der Waals surface area contributed by atoms with Crippen LogP contribution in [-0.4, -0.2) is 35.0 Å². The van der Waals surface area contributed by atoms with E-state index in [-0.39, 0.29) is 11.1 Å². The molecule has 1 fully saturated rings. The number of fused-ring (bicyclic) bond motifs is 1. The minimum Gasteiger partial charge on any atom is -0.370 e. The Kier molecular flexibility index (Phi) is 3.17. The van der Waals surface area contributed by atoms with Gasteiger partial charge in [-0.25, -0.2) is 4.98 Å². The molecule has 0 unspecified atom stereocenters. The molecule has 2 aliphatic heterocycles. The van der Waals surface area contributed by atoms with E-state index in [0.717, 1.165) is 43.3 Å². The number of pyridine rings is 1. The monoisotopic (exact) mass is 273 g/mol. The van der Waals surface area contributed by atoms with Crippen molar-refractivity contribution >= 4 is 17.3 Å². The normalized spacial score (nSPS) is 23.1. The van der Waals surface area contributed by atoms with Crippen molar-refractivity contribution in [2.75, 3.05) is 23.7 Å². The second kappa shape index (κ2) is 4.74. The Morgan fingerprint density at radius 1 is 1.25 bits per heavy atom. The quantitative estimate of drug-likeness (QED) is 0.678. The van der Waals surface area contributed by atoms with Gasteiger partial charge in [-0.15, -0.1) is 0 Å². The van der Waals surface area contributed by atoms with Crippen LogP contribution in [-0.2, 0) is 0 Å². The van der Waals surface area contributed by atoms with Gasteiger partial charge in [0.15, 0.2) is 5.82 Å². The molecule has 3 rings (SSSR count). The third kappa shape index (κ3) is 2.50. The fraction of sp³-hybridized carbons (Fsp3) is 0.600. The molecule has 1 aromatic heterocycles. The zero-order chi connectivity index (χ0) is 14.2.